The number of allylic oxidation sites excluding steroid dienone is 3. The first-order chi connectivity index (χ1) is 14.0. The van der Waals surface area contributed by atoms with Gasteiger partial charge in [0, 0.05) is 38.3 Å². The van der Waals surface area contributed by atoms with Gasteiger partial charge in [-0.25, -0.2) is 9.78 Å². The Morgan fingerprint density at radius 2 is 2.07 bits per heavy atom. The van der Waals surface area contributed by atoms with E-state index in [1.165, 1.54) is 24.0 Å². The zero-order valence-electron chi connectivity index (χ0n) is 17.9. The Balaban J connectivity index is 1.59. The van der Waals surface area contributed by atoms with E-state index in [2.05, 4.69) is 54.5 Å². The number of pyridine rings is 1. The highest BCUT2D eigenvalue weighted by Gasteiger charge is 2.25. The van der Waals surface area contributed by atoms with Crippen LogP contribution in [-0.2, 0) is 0 Å². The SMILES string of the molecule is CC1=C(C)CC(NC(=O)N2CCCCNc3ccc(N4CCCC(C)C4)nc32)=C1. The monoisotopic (exact) mass is 395 g/mol. The van der Waals surface area contributed by atoms with Gasteiger partial charge in [-0.05, 0) is 63.7 Å². The number of fused-ring (bicyclic) bond motifs is 1. The first-order valence-electron chi connectivity index (χ1n) is 11.0. The molecule has 1 aliphatic carbocycles. The molecule has 156 valence electrons. The minimum atomic E-state index is -0.0830. The summed E-state index contributed by atoms with van der Waals surface area (Å²) in [6.07, 6.45) is 7.37. The Morgan fingerprint density at radius 3 is 2.83 bits per heavy atom. The summed E-state index contributed by atoms with van der Waals surface area (Å²) in [5.74, 6) is 2.40. The maximum absolute atomic E-state index is 13.2. The normalized spacial score (nSPS) is 22.4. The number of carbonyl (C=O) groups is 1. The van der Waals surface area contributed by atoms with Crippen LogP contribution in [0.4, 0.5) is 22.1 Å². The van der Waals surface area contributed by atoms with Gasteiger partial charge in [0.05, 0.1) is 5.69 Å². The molecule has 1 unspecified atom stereocenters. The van der Waals surface area contributed by atoms with Crippen LogP contribution in [0.2, 0.25) is 0 Å². The van der Waals surface area contributed by atoms with E-state index in [0.29, 0.717) is 12.5 Å². The number of hydrogen-bond acceptors (Lipinski definition) is 4. The summed E-state index contributed by atoms with van der Waals surface area (Å²) < 4.78 is 0. The zero-order valence-corrected chi connectivity index (χ0v) is 17.9. The maximum atomic E-state index is 13.2. The Kier molecular flexibility index (Phi) is 5.79. The number of nitrogens with one attached hydrogen (secondary N) is 2. The fourth-order valence-electron chi connectivity index (χ4n) is 4.42. The first kappa shape index (κ1) is 19.8. The number of carbonyl (C=O) groups excluding carboxylic acids is 1. The van der Waals surface area contributed by atoms with Gasteiger partial charge in [0.15, 0.2) is 5.82 Å². The van der Waals surface area contributed by atoms with E-state index in [4.69, 9.17) is 4.98 Å². The lowest BCUT2D eigenvalue weighted by molar-refractivity contribution is 0.248. The highest BCUT2D eigenvalue weighted by molar-refractivity contribution is 5.95. The van der Waals surface area contributed by atoms with Crippen LogP contribution in [0.3, 0.4) is 0 Å². The number of amides is 2. The lowest BCUT2D eigenvalue weighted by Crippen LogP contribution is -2.42. The van der Waals surface area contributed by atoms with Crippen LogP contribution >= 0.6 is 0 Å². The highest BCUT2D eigenvalue weighted by atomic mass is 16.2. The lowest BCUT2D eigenvalue weighted by atomic mass is 10.0. The molecule has 2 N–H and O–H groups in total. The van der Waals surface area contributed by atoms with Crippen molar-refractivity contribution in [1.29, 1.82) is 0 Å². The predicted octanol–water partition coefficient (Wildman–Crippen LogP) is 4.66. The average molecular weight is 396 g/mol. The zero-order chi connectivity index (χ0) is 20.4. The van der Waals surface area contributed by atoms with Crippen molar-refractivity contribution < 1.29 is 4.79 Å². The van der Waals surface area contributed by atoms with Crippen molar-refractivity contribution in [3.05, 3.63) is 35.1 Å². The minimum Gasteiger partial charge on any atom is -0.382 e. The van der Waals surface area contributed by atoms with Gasteiger partial charge in [0.2, 0.25) is 0 Å². The van der Waals surface area contributed by atoms with Crippen LogP contribution in [0.15, 0.2) is 35.1 Å². The number of anilines is 3. The van der Waals surface area contributed by atoms with Gasteiger partial charge < -0.3 is 15.5 Å². The standard InChI is InChI=1S/C23H33N5O/c1-16-7-6-11-27(15-16)21-9-8-20-22(26-21)28(12-5-4-10-24-20)23(29)25-19-13-17(2)18(3)14-19/h8-9,13,16,24H,4-7,10-12,14-15H2,1-3H3,(H,25,29). The molecule has 2 aliphatic heterocycles. The third kappa shape index (κ3) is 4.41. The van der Waals surface area contributed by atoms with E-state index in [-0.39, 0.29) is 6.03 Å². The third-order valence-electron chi connectivity index (χ3n) is 6.25. The summed E-state index contributed by atoms with van der Waals surface area (Å²) in [5, 5.41) is 6.60. The van der Waals surface area contributed by atoms with E-state index in [1.807, 2.05) is 4.90 Å². The molecule has 1 aromatic heterocycles. The molecule has 2 amide bonds. The molecule has 0 aromatic carbocycles. The second kappa shape index (κ2) is 8.47. The predicted molar refractivity (Wildman–Crippen MR) is 120 cm³/mol. The fourth-order valence-corrected chi connectivity index (χ4v) is 4.42. The van der Waals surface area contributed by atoms with Crippen molar-refractivity contribution in [2.24, 2.45) is 5.92 Å². The van der Waals surface area contributed by atoms with E-state index >= 15 is 0 Å². The van der Waals surface area contributed by atoms with Crippen LogP contribution in [0.5, 0.6) is 0 Å². The largest absolute Gasteiger partial charge is 0.382 e. The van der Waals surface area contributed by atoms with Crippen molar-refractivity contribution in [2.45, 2.75) is 52.9 Å². The fraction of sp³-hybridized carbons (Fsp3) is 0.565. The Labute approximate surface area is 174 Å². The molecule has 6 heteroatoms. The maximum Gasteiger partial charge on any atom is 0.327 e. The smallest absolute Gasteiger partial charge is 0.327 e. The van der Waals surface area contributed by atoms with Gasteiger partial charge in [0.25, 0.3) is 0 Å². The molecule has 1 saturated heterocycles. The molecule has 29 heavy (non-hydrogen) atoms. The van der Waals surface area contributed by atoms with Crippen LogP contribution in [0.25, 0.3) is 0 Å². The molecule has 3 heterocycles. The molecule has 1 fully saturated rings. The van der Waals surface area contributed by atoms with Gasteiger partial charge in [-0.2, -0.15) is 0 Å². The van der Waals surface area contributed by atoms with Crippen LogP contribution in [-0.4, -0.2) is 37.2 Å². The molecular weight excluding hydrogens is 362 g/mol. The number of nitrogens with zero attached hydrogens (tertiary/aromatic N) is 3. The van der Waals surface area contributed by atoms with Crippen molar-refractivity contribution in [1.82, 2.24) is 10.3 Å². The number of urea groups is 1. The number of rotatable bonds is 2. The second-order valence-corrected chi connectivity index (χ2v) is 8.76. The molecule has 0 spiro atoms. The molecule has 4 rings (SSSR count). The summed E-state index contributed by atoms with van der Waals surface area (Å²) >= 11 is 0. The quantitative estimate of drug-likeness (QED) is 0.764. The van der Waals surface area contributed by atoms with Crippen molar-refractivity contribution in [3.63, 3.8) is 0 Å². The molecule has 6 nitrogen and oxygen atoms in total. The molecule has 0 saturated carbocycles. The van der Waals surface area contributed by atoms with Crippen LogP contribution < -0.4 is 20.4 Å². The molecule has 1 atom stereocenters. The minimum absolute atomic E-state index is 0.0830. The number of aromatic nitrogens is 1. The van der Waals surface area contributed by atoms with Gasteiger partial charge >= 0.3 is 6.03 Å². The van der Waals surface area contributed by atoms with E-state index in [0.717, 1.165) is 61.9 Å². The first-order valence-corrected chi connectivity index (χ1v) is 11.0. The van der Waals surface area contributed by atoms with Crippen LogP contribution in [0.1, 0.15) is 52.9 Å². The molecular formula is C23H33N5O. The van der Waals surface area contributed by atoms with Crippen molar-refractivity contribution >= 4 is 23.4 Å². The summed E-state index contributed by atoms with van der Waals surface area (Å²) in [6.45, 7) is 10.2. The van der Waals surface area contributed by atoms with Gasteiger partial charge in [-0.3, -0.25) is 4.90 Å². The van der Waals surface area contributed by atoms with E-state index in [1.54, 1.807) is 0 Å². The second-order valence-electron chi connectivity index (χ2n) is 8.76. The van der Waals surface area contributed by atoms with Crippen molar-refractivity contribution in [2.75, 3.05) is 41.3 Å². The third-order valence-corrected chi connectivity index (χ3v) is 6.25. The Hall–Kier alpha value is -2.50. The number of piperidine rings is 1. The lowest BCUT2D eigenvalue weighted by Gasteiger charge is -2.33. The van der Waals surface area contributed by atoms with E-state index in [9.17, 15) is 4.79 Å². The van der Waals surface area contributed by atoms with Gasteiger partial charge in [0.1, 0.15) is 5.82 Å². The van der Waals surface area contributed by atoms with Gasteiger partial charge in [-0.15, -0.1) is 0 Å². The summed E-state index contributed by atoms with van der Waals surface area (Å²) in [4.78, 5) is 22.4. The molecule has 0 radical (unpaired) electrons. The molecule has 1 aromatic rings. The van der Waals surface area contributed by atoms with E-state index < -0.39 is 0 Å². The van der Waals surface area contributed by atoms with Gasteiger partial charge in [-0.1, -0.05) is 18.1 Å². The summed E-state index contributed by atoms with van der Waals surface area (Å²) in [6, 6.07) is 4.10. The Bertz CT molecular complexity index is 844. The average Bonchev–Trinajstić information content (AvgIpc) is 2.99. The van der Waals surface area contributed by atoms with Crippen molar-refractivity contribution in [3.8, 4) is 0 Å². The Morgan fingerprint density at radius 1 is 1.21 bits per heavy atom. The molecule has 3 aliphatic rings. The number of hydrogen-bond donors (Lipinski definition) is 2. The highest BCUT2D eigenvalue weighted by Crippen LogP contribution is 2.31. The summed E-state index contributed by atoms with van der Waals surface area (Å²) in [5.41, 5.74) is 4.48. The summed E-state index contributed by atoms with van der Waals surface area (Å²) in [7, 11) is 0. The topological polar surface area (TPSA) is 60.5 Å². The molecule has 0 bridgehead atoms. The van der Waals surface area contributed by atoms with Crippen LogP contribution in [0, 0.1) is 5.92 Å².